The SMILES string of the molecule is Cc1cc(C)cc(N/C(N)=C/C(=N)N(C)C)c1. The van der Waals surface area contributed by atoms with Crippen molar-refractivity contribution in [2.75, 3.05) is 19.4 Å². The van der Waals surface area contributed by atoms with Gasteiger partial charge in [0.1, 0.15) is 11.7 Å². The monoisotopic (exact) mass is 232 g/mol. The summed E-state index contributed by atoms with van der Waals surface area (Å²) in [7, 11) is 3.62. The van der Waals surface area contributed by atoms with Gasteiger partial charge in [0.15, 0.2) is 0 Å². The Morgan fingerprint density at radius 3 is 2.24 bits per heavy atom. The van der Waals surface area contributed by atoms with Crippen LogP contribution in [0.25, 0.3) is 0 Å². The Bertz CT molecular complexity index is 426. The molecule has 4 N–H and O–H groups in total. The maximum Gasteiger partial charge on any atom is 0.123 e. The molecular formula is C13H20N4. The molecule has 0 heterocycles. The van der Waals surface area contributed by atoms with Crippen molar-refractivity contribution in [2.24, 2.45) is 5.73 Å². The second-order valence-corrected chi connectivity index (χ2v) is 4.38. The first-order valence-corrected chi connectivity index (χ1v) is 5.47. The number of nitrogens with one attached hydrogen (secondary N) is 2. The second-order valence-electron chi connectivity index (χ2n) is 4.38. The minimum atomic E-state index is 0.361. The molecule has 0 aliphatic rings. The molecule has 4 nitrogen and oxygen atoms in total. The third-order valence-electron chi connectivity index (χ3n) is 2.28. The van der Waals surface area contributed by atoms with Crippen LogP contribution in [0.15, 0.2) is 30.1 Å². The topological polar surface area (TPSA) is 65.1 Å². The highest BCUT2D eigenvalue weighted by molar-refractivity contribution is 5.90. The van der Waals surface area contributed by atoms with Crippen molar-refractivity contribution in [3.05, 3.63) is 41.2 Å². The van der Waals surface area contributed by atoms with Crippen LogP contribution in [0.3, 0.4) is 0 Å². The Morgan fingerprint density at radius 2 is 1.76 bits per heavy atom. The summed E-state index contributed by atoms with van der Waals surface area (Å²) >= 11 is 0. The van der Waals surface area contributed by atoms with Crippen molar-refractivity contribution < 1.29 is 0 Å². The van der Waals surface area contributed by atoms with Gasteiger partial charge in [-0.1, -0.05) is 6.07 Å². The Kier molecular flexibility index (Phi) is 4.15. The quantitative estimate of drug-likeness (QED) is 0.552. The molecule has 0 fully saturated rings. The molecule has 0 spiro atoms. The lowest BCUT2D eigenvalue weighted by Crippen LogP contribution is -2.21. The van der Waals surface area contributed by atoms with E-state index in [1.165, 1.54) is 11.1 Å². The second kappa shape index (κ2) is 5.39. The van der Waals surface area contributed by atoms with Gasteiger partial charge in [-0.15, -0.1) is 0 Å². The van der Waals surface area contributed by atoms with Crippen molar-refractivity contribution in [2.45, 2.75) is 13.8 Å². The highest BCUT2D eigenvalue weighted by Crippen LogP contribution is 2.14. The van der Waals surface area contributed by atoms with Gasteiger partial charge < -0.3 is 16.0 Å². The van der Waals surface area contributed by atoms with Crippen LogP contribution in [0.4, 0.5) is 5.69 Å². The zero-order valence-corrected chi connectivity index (χ0v) is 10.8. The minimum Gasteiger partial charge on any atom is -0.385 e. The van der Waals surface area contributed by atoms with Crippen LogP contribution in [-0.4, -0.2) is 24.8 Å². The molecule has 0 aliphatic heterocycles. The van der Waals surface area contributed by atoms with Gasteiger partial charge in [0.05, 0.1) is 0 Å². The van der Waals surface area contributed by atoms with E-state index in [9.17, 15) is 0 Å². The van der Waals surface area contributed by atoms with Crippen LogP contribution in [-0.2, 0) is 0 Å². The van der Waals surface area contributed by atoms with Crippen molar-refractivity contribution >= 4 is 11.5 Å². The average molecular weight is 232 g/mol. The number of nitrogens with two attached hydrogens (primary N) is 1. The van der Waals surface area contributed by atoms with Gasteiger partial charge in [0.25, 0.3) is 0 Å². The fraction of sp³-hybridized carbons (Fsp3) is 0.308. The molecule has 0 saturated heterocycles. The molecule has 17 heavy (non-hydrogen) atoms. The Morgan fingerprint density at radius 1 is 1.24 bits per heavy atom. The standard InChI is InChI=1S/C13H20N4/c1-9-5-10(2)7-11(6-9)16-12(14)8-13(15)17(3)4/h5-8,15-16H,14H2,1-4H3/b12-8+,15-13?. The molecule has 0 aromatic heterocycles. The zero-order valence-electron chi connectivity index (χ0n) is 10.8. The van der Waals surface area contributed by atoms with E-state index in [-0.39, 0.29) is 0 Å². The third kappa shape index (κ3) is 4.18. The lowest BCUT2D eigenvalue weighted by molar-refractivity contribution is 0.621. The van der Waals surface area contributed by atoms with Gasteiger partial charge in [-0.3, -0.25) is 5.41 Å². The summed E-state index contributed by atoms with van der Waals surface area (Å²) in [6.45, 7) is 4.08. The van der Waals surface area contributed by atoms with E-state index in [2.05, 4.69) is 11.4 Å². The summed E-state index contributed by atoms with van der Waals surface area (Å²) in [5.74, 6) is 0.827. The number of benzene rings is 1. The van der Waals surface area contributed by atoms with Gasteiger partial charge in [-0.05, 0) is 37.1 Å². The van der Waals surface area contributed by atoms with Crippen LogP contribution < -0.4 is 11.1 Å². The molecule has 92 valence electrons. The third-order valence-corrected chi connectivity index (χ3v) is 2.28. The van der Waals surface area contributed by atoms with Crippen molar-refractivity contribution in [1.82, 2.24) is 4.90 Å². The first kappa shape index (κ1) is 13.1. The van der Waals surface area contributed by atoms with E-state index in [1.807, 2.05) is 40.1 Å². The van der Waals surface area contributed by atoms with Crippen LogP contribution in [0.2, 0.25) is 0 Å². The predicted molar refractivity (Wildman–Crippen MR) is 73.2 cm³/mol. The Hall–Kier alpha value is -1.97. The van der Waals surface area contributed by atoms with Gasteiger partial charge in [0.2, 0.25) is 0 Å². The van der Waals surface area contributed by atoms with E-state index in [0.29, 0.717) is 11.7 Å². The highest BCUT2D eigenvalue weighted by Gasteiger charge is 1.99. The molecule has 0 atom stereocenters. The van der Waals surface area contributed by atoms with Gasteiger partial charge in [0, 0.05) is 25.9 Å². The fourth-order valence-corrected chi connectivity index (χ4v) is 1.53. The number of amidine groups is 1. The molecule has 4 heteroatoms. The summed E-state index contributed by atoms with van der Waals surface area (Å²) in [5, 5.41) is 10.7. The smallest absolute Gasteiger partial charge is 0.123 e. The molecule has 1 aromatic carbocycles. The summed E-state index contributed by atoms with van der Waals surface area (Å²) < 4.78 is 0. The number of likely N-dealkylation sites (N-methyl/N-ethyl adjacent to an activating group) is 1. The fourth-order valence-electron chi connectivity index (χ4n) is 1.53. The molecule has 0 radical (unpaired) electrons. The summed E-state index contributed by atoms with van der Waals surface area (Å²) in [6.07, 6.45) is 1.59. The number of aryl methyl sites for hydroxylation is 2. The number of hydrogen-bond donors (Lipinski definition) is 3. The Balaban J connectivity index is 2.80. The first-order valence-electron chi connectivity index (χ1n) is 5.47. The number of hydrogen-bond acceptors (Lipinski definition) is 3. The molecule has 0 aliphatic carbocycles. The highest BCUT2D eigenvalue weighted by atomic mass is 15.1. The predicted octanol–water partition coefficient (Wildman–Crippen LogP) is 2.05. The van der Waals surface area contributed by atoms with Crippen molar-refractivity contribution in [1.29, 1.82) is 5.41 Å². The van der Waals surface area contributed by atoms with Crippen LogP contribution in [0.5, 0.6) is 0 Å². The normalized spacial score (nSPS) is 11.2. The molecule has 0 unspecified atom stereocenters. The molecular weight excluding hydrogens is 212 g/mol. The van der Waals surface area contributed by atoms with Crippen LogP contribution >= 0.6 is 0 Å². The largest absolute Gasteiger partial charge is 0.385 e. The maximum atomic E-state index is 7.65. The number of anilines is 1. The average Bonchev–Trinajstić information content (AvgIpc) is 2.14. The Labute approximate surface area is 103 Å². The molecule has 0 bridgehead atoms. The molecule has 1 rings (SSSR count). The van der Waals surface area contributed by atoms with Crippen LogP contribution in [0, 0.1) is 19.3 Å². The van der Waals surface area contributed by atoms with Gasteiger partial charge in [-0.25, -0.2) is 0 Å². The molecule has 1 aromatic rings. The number of rotatable bonds is 3. The van der Waals surface area contributed by atoms with E-state index < -0.39 is 0 Å². The lowest BCUT2D eigenvalue weighted by Gasteiger charge is -2.12. The van der Waals surface area contributed by atoms with E-state index in [0.717, 1.165) is 5.69 Å². The van der Waals surface area contributed by atoms with Crippen LogP contribution in [0.1, 0.15) is 11.1 Å². The molecule has 0 saturated carbocycles. The number of nitrogens with zero attached hydrogens (tertiary/aromatic N) is 1. The minimum absolute atomic E-state index is 0.361. The van der Waals surface area contributed by atoms with Crippen molar-refractivity contribution in [3.8, 4) is 0 Å². The lowest BCUT2D eigenvalue weighted by atomic mass is 10.1. The van der Waals surface area contributed by atoms with E-state index >= 15 is 0 Å². The van der Waals surface area contributed by atoms with E-state index in [1.54, 1.807) is 11.0 Å². The summed E-state index contributed by atoms with van der Waals surface area (Å²) in [6, 6.07) is 6.15. The maximum absolute atomic E-state index is 7.65. The van der Waals surface area contributed by atoms with E-state index in [4.69, 9.17) is 11.1 Å². The zero-order chi connectivity index (χ0) is 13.0. The summed E-state index contributed by atoms with van der Waals surface area (Å²) in [5.41, 5.74) is 9.14. The summed E-state index contributed by atoms with van der Waals surface area (Å²) in [4.78, 5) is 1.69. The van der Waals surface area contributed by atoms with Gasteiger partial charge >= 0.3 is 0 Å². The van der Waals surface area contributed by atoms with Crippen molar-refractivity contribution in [3.63, 3.8) is 0 Å². The van der Waals surface area contributed by atoms with Gasteiger partial charge in [-0.2, -0.15) is 0 Å². The first-order chi connectivity index (χ1) is 7.88. The molecule has 0 amide bonds.